The van der Waals surface area contributed by atoms with E-state index in [-0.39, 0.29) is 17.0 Å². The Hall–Kier alpha value is -3.60. The van der Waals surface area contributed by atoms with Crippen LogP contribution in [0.3, 0.4) is 0 Å². The summed E-state index contributed by atoms with van der Waals surface area (Å²) in [6, 6.07) is 9.86. The highest BCUT2D eigenvalue weighted by atomic mass is 79.9. The van der Waals surface area contributed by atoms with Gasteiger partial charge >= 0.3 is 11.3 Å². The maximum atomic E-state index is 12.2. The van der Waals surface area contributed by atoms with Crippen molar-refractivity contribution in [2.75, 3.05) is 5.43 Å². The first-order valence-electron chi connectivity index (χ1n) is 7.73. The zero-order chi connectivity index (χ0) is 20.4. The molecule has 0 saturated heterocycles. The number of rotatable bonds is 5. The van der Waals surface area contributed by atoms with Gasteiger partial charge in [-0.05, 0) is 37.3 Å². The van der Waals surface area contributed by atoms with Crippen molar-refractivity contribution in [2.45, 2.75) is 6.92 Å². The smallest absolute Gasteiger partial charge is 0.345 e. The molecule has 10 nitrogen and oxygen atoms in total. The number of hydrogen-bond acceptors (Lipinski definition) is 8. The molecule has 0 aliphatic rings. The van der Waals surface area contributed by atoms with Gasteiger partial charge in [0.2, 0.25) is 0 Å². The molecule has 2 aromatic carbocycles. The molecule has 0 aliphatic carbocycles. The molecule has 28 heavy (non-hydrogen) atoms. The Morgan fingerprint density at radius 3 is 2.54 bits per heavy atom. The summed E-state index contributed by atoms with van der Waals surface area (Å²) in [7, 11) is 0. The summed E-state index contributed by atoms with van der Waals surface area (Å²) in [5.74, 6) is 0. The fourth-order valence-electron chi connectivity index (χ4n) is 2.43. The maximum absolute atomic E-state index is 12.2. The van der Waals surface area contributed by atoms with Crippen LogP contribution in [0.4, 0.5) is 17.1 Å². The number of nitro groups is 2. The molecule has 0 saturated carbocycles. The average molecular weight is 447 g/mol. The summed E-state index contributed by atoms with van der Waals surface area (Å²) >= 11 is 3.34. The summed E-state index contributed by atoms with van der Waals surface area (Å²) < 4.78 is 6.06. The predicted octanol–water partition coefficient (Wildman–Crippen LogP) is 4.21. The monoisotopic (exact) mass is 446 g/mol. The highest BCUT2D eigenvalue weighted by Crippen LogP contribution is 2.29. The molecule has 0 radical (unpaired) electrons. The van der Waals surface area contributed by atoms with Gasteiger partial charge in [0, 0.05) is 15.9 Å². The molecule has 1 aromatic heterocycles. The van der Waals surface area contributed by atoms with E-state index in [1.165, 1.54) is 13.0 Å². The molecule has 11 heteroatoms. The molecular formula is C17H11BrN4O6. The van der Waals surface area contributed by atoms with Crippen LogP contribution in [0.2, 0.25) is 0 Å². The van der Waals surface area contributed by atoms with Crippen LogP contribution in [0.1, 0.15) is 12.5 Å². The average Bonchev–Trinajstić information content (AvgIpc) is 2.65. The fraction of sp³-hybridized carbons (Fsp3) is 0.0588. The summed E-state index contributed by atoms with van der Waals surface area (Å²) in [6.45, 7) is 1.53. The highest BCUT2D eigenvalue weighted by molar-refractivity contribution is 9.10. The molecule has 0 unspecified atom stereocenters. The van der Waals surface area contributed by atoms with Gasteiger partial charge in [0.05, 0.1) is 27.2 Å². The summed E-state index contributed by atoms with van der Waals surface area (Å²) in [4.78, 5) is 32.7. The van der Waals surface area contributed by atoms with E-state index in [9.17, 15) is 25.0 Å². The molecule has 0 amide bonds. The van der Waals surface area contributed by atoms with E-state index in [1.54, 1.807) is 24.3 Å². The third-order valence-corrected chi connectivity index (χ3v) is 4.31. The van der Waals surface area contributed by atoms with E-state index in [2.05, 4.69) is 26.5 Å². The number of halogens is 1. The zero-order valence-corrected chi connectivity index (χ0v) is 15.8. The number of benzene rings is 2. The summed E-state index contributed by atoms with van der Waals surface area (Å²) in [6.07, 6.45) is 0. The van der Waals surface area contributed by atoms with Crippen LogP contribution in [0, 0.1) is 20.2 Å². The molecule has 3 aromatic rings. The van der Waals surface area contributed by atoms with Crippen LogP contribution in [0.15, 0.2) is 61.3 Å². The summed E-state index contributed by atoms with van der Waals surface area (Å²) in [5.41, 5.74) is 1.68. The van der Waals surface area contributed by atoms with Crippen molar-refractivity contribution in [1.29, 1.82) is 0 Å². The molecular weight excluding hydrogens is 436 g/mol. The van der Waals surface area contributed by atoms with Crippen molar-refractivity contribution in [3.8, 4) is 0 Å². The zero-order valence-electron chi connectivity index (χ0n) is 14.2. The molecule has 0 bridgehead atoms. The number of hydrogen-bond donors (Lipinski definition) is 1. The Labute approximate surface area is 164 Å². The predicted molar refractivity (Wildman–Crippen MR) is 106 cm³/mol. The van der Waals surface area contributed by atoms with Crippen molar-refractivity contribution < 1.29 is 14.3 Å². The topological polar surface area (TPSA) is 141 Å². The second-order valence-corrected chi connectivity index (χ2v) is 6.57. The lowest BCUT2D eigenvalue weighted by Gasteiger charge is -2.05. The van der Waals surface area contributed by atoms with E-state index in [4.69, 9.17) is 4.42 Å². The van der Waals surface area contributed by atoms with E-state index < -0.39 is 26.8 Å². The van der Waals surface area contributed by atoms with Gasteiger partial charge in [-0.3, -0.25) is 25.7 Å². The van der Waals surface area contributed by atoms with Crippen LogP contribution in [-0.4, -0.2) is 15.6 Å². The van der Waals surface area contributed by atoms with E-state index in [1.807, 2.05) is 0 Å². The fourth-order valence-corrected chi connectivity index (χ4v) is 2.81. The van der Waals surface area contributed by atoms with Gasteiger partial charge < -0.3 is 4.42 Å². The number of anilines is 1. The number of nitrogens with one attached hydrogen (secondary N) is 1. The van der Waals surface area contributed by atoms with Crippen molar-refractivity contribution >= 4 is 49.7 Å². The second kappa shape index (κ2) is 7.56. The minimum atomic E-state index is -0.762. The third-order valence-electron chi connectivity index (χ3n) is 3.82. The SMILES string of the molecule is C/C(=N/Nc1ccc([N+](=O)[O-])cc1[N+](=O)[O-])c1cc2cc(Br)ccc2oc1=O. The lowest BCUT2D eigenvalue weighted by Crippen LogP contribution is -2.13. The quantitative estimate of drug-likeness (QED) is 0.267. The number of hydrazone groups is 1. The van der Waals surface area contributed by atoms with Crippen molar-refractivity contribution in [3.63, 3.8) is 0 Å². The first kappa shape index (κ1) is 19.2. The van der Waals surface area contributed by atoms with Crippen molar-refractivity contribution in [1.82, 2.24) is 0 Å². The summed E-state index contributed by atoms with van der Waals surface area (Å²) in [5, 5.41) is 26.6. The minimum Gasteiger partial charge on any atom is -0.422 e. The Morgan fingerprint density at radius 2 is 1.86 bits per heavy atom. The van der Waals surface area contributed by atoms with Crippen LogP contribution in [0.5, 0.6) is 0 Å². The first-order valence-corrected chi connectivity index (χ1v) is 8.52. The lowest BCUT2D eigenvalue weighted by atomic mass is 10.1. The molecule has 3 rings (SSSR count). The van der Waals surface area contributed by atoms with E-state index in [0.29, 0.717) is 11.0 Å². The van der Waals surface area contributed by atoms with Crippen LogP contribution in [0.25, 0.3) is 11.0 Å². The molecule has 0 aliphatic heterocycles. The Balaban J connectivity index is 1.98. The van der Waals surface area contributed by atoms with Gasteiger partial charge in [-0.1, -0.05) is 15.9 Å². The normalized spacial score (nSPS) is 11.4. The van der Waals surface area contributed by atoms with Crippen molar-refractivity contribution in [2.24, 2.45) is 5.10 Å². The number of non-ortho nitro benzene ring substituents is 1. The molecule has 1 N–H and O–H groups in total. The van der Waals surface area contributed by atoms with Crippen LogP contribution in [-0.2, 0) is 0 Å². The Morgan fingerprint density at radius 1 is 1.11 bits per heavy atom. The molecule has 142 valence electrons. The Kier molecular flexibility index (Phi) is 5.18. The van der Waals surface area contributed by atoms with Gasteiger partial charge in [0.25, 0.3) is 5.69 Å². The lowest BCUT2D eigenvalue weighted by molar-refractivity contribution is -0.393. The van der Waals surface area contributed by atoms with Gasteiger partial charge in [0.15, 0.2) is 0 Å². The molecule has 0 atom stereocenters. The largest absolute Gasteiger partial charge is 0.422 e. The third kappa shape index (κ3) is 3.88. The minimum absolute atomic E-state index is 0.0529. The number of fused-ring (bicyclic) bond motifs is 1. The van der Waals surface area contributed by atoms with Gasteiger partial charge in [-0.25, -0.2) is 4.79 Å². The second-order valence-electron chi connectivity index (χ2n) is 5.65. The number of nitrogens with zero attached hydrogens (tertiary/aromatic N) is 3. The number of nitro benzene ring substituents is 2. The first-order chi connectivity index (χ1) is 13.3. The molecule has 1 heterocycles. The van der Waals surface area contributed by atoms with Crippen LogP contribution < -0.4 is 11.1 Å². The molecule has 0 spiro atoms. The molecule has 0 fully saturated rings. The Bertz CT molecular complexity index is 1200. The maximum Gasteiger partial charge on any atom is 0.345 e. The van der Waals surface area contributed by atoms with E-state index in [0.717, 1.165) is 16.6 Å². The highest BCUT2D eigenvalue weighted by Gasteiger charge is 2.19. The van der Waals surface area contributed by atoms with Crippen LogP contribution >= 0.6 is 15.9 Å². The van der Waals surface area contributed by atoms with Crippen molar-refractivity contribution in [3.05, 3.63) is 83.1 Å². The van der Waals surface area contributed by atoms with Gasteiger partial charge in [-0.15, -0.1) is 0 Å². The van der Waals surface area contributed by atoms with E-state index >= 15 is 0 Å². The van der Waals surface area contributed by atoms with Gasteiger partial charge in [0.1, 0.15) is 11.3 Å². The van der Waals surface area contributed by atoms with Gasteiger partial charge in [-0.2, -0.15) is 5.10 Å². The standard InChI is InChI=1S/C17H11BrN4O6/c1-9(13-7-10-6-11(18)2-5-16(10)28-17(13)23)19-20-14-4-3-12(21(24)25)8-15(14)22(26)27/h2-8,20H,1H3/b19-9-.